The van der Waals surface area contributed by atoms with E-state index in [2.05, 4.69) is 21.3 Å². The molecule has 0 aliphatic heterocycles. The molecule has 29 heavy (non-hydrogen) atoms. The van der Waals surface area contributed by atoms with Crippen LogP contribution >= 0.6 is 0 Å². The highest BCUT2D eigenvalue weighted by atomic mass is 16.5. The highest BCUT2D eigenvalue weighted by molar-refractivity contribution is 6.05. The van der Waals surface area contributed by atoms with Crippen molar-refractivity contribution in [2.75, 3.05) is 23.8 Å². The van der Waals surface area contributed by atoms with Crippen LogP contribution in [0.5, 0.6) is 5.75 Å². The molecule has 8 heteroatoms. The Morgan fingerprint density at radius 1 is 0.966 bits per heavy atom. The monoisotopic (exact) mass is 398 g/mol. The van der Waals surface area contributed by atoms with Gasteiger partial charge in [0.15, 0.2) is 6.61 Å². The fraction of sp³-hybridized carbons (Fsp3) is 0.286. The third-order valence-electron chi connectivity index (χ3n) is 3.66. The summed E-state index contributed by atoms with van der Waals surface area (Å²) in [6, 6.07) is 13.0. The molecule has 0 unspecified atom stereocenters. The Morgan fingerprint density at radius 2 is 1.69 bits per heavy atom. The van der Waals surface area contributed by atoms with E-state index in [9.17, 15) is 14.4 Å². The van der Waals surface area contributed by atoms with E-state index >= 15 is 0 Å². The number of carbonyl (C=O) groups excluding carboxylic acids is 3. The maximum Gasteiger partial charge on any atom is 0.319 e. The lowest BCUT2D eigenvalue weighted by Gasteiger charge is -2.11. The van der Waals surface area contributed by atoms with Gasteiger partial charge in [-0.05, 0) is 63.2 Å². The first-order chi connectivity index (χ1) is 13.9. The second kappa shape index (κ2) is 10.7. The molecule has 2 aromatic rings. The number of hydrogen-bond donors (Lipinski definition) is 4. The fourth-order valence-electron chi connectivity index (χ4n) is 2.40. The second-order valence-corrected chi connectivity index (χ2v) is 6.55. The first-order valence-corrected chi connectivity index (χ1v) is 9.36. The van der Waals surface area contributed by atoms with Crippen molar-refractivity contribution in [1.29, 1.82) is 0 Å². The number of nitrogens with one attached hydrogen (secondary N) is 4. The Kier molecular flexibility index (Phi) is 8.02. The predicted octanol–water partition coefficient (Wildman–Crippen LogP) is 2.98. The molecule has 0 aliphatic carbocycles. The van der Waals surface area contributed by atoms with E-state index in [1.807, 2.05) is 20.8 Å². The van der Waals surface area contributed by atoms with Crippen molar-refractivity contribution >= 4 is 29.2 Å². The smallest absolute Gasteiger partial charge is 0.319 e. The SMILES string of the molecule is CCNC(=O)COc1ccc(NC(=O)c2cccc(NC(=O)NC(C)C)c2)cc1. The maximum atomic E-state index is 12.5. The van der Waals surface area contributed by atoms with Gasteiger partial charge in [0, 0.05) is 29.5 Å². The standard InChI is InChI=1S/C21H26N4O4/c1-4-22-19(26)13-29-18-10-8-16(9-11-18)24-20(27)15-6-5-7-17(12-15)25-21(28)23-14(2)3/h5-12,14H,4,13H2,1-3H3,(H,22,26)(H,24,27)(H2,23,25,28). The highest BCUT2D eigenvalue weighted by Crippen LogP contribution is 2.17. The van der Waals surface area contributed by atoms with Crippen LogP contribution in [-0.2, 0) is 4.79 Å². The normalized spacial score (nSPS) is 10.2. The van der Waals surface area contributed by atoms with Gasteiger partial charge in [-0.3, -0.25) is 9.59 Å². The van der Waals surface area contributed by atoms with Crippen molar-refractivity contribution in [2.45, 2.75) is 26.8 Å². The largest absolute Gasteiger partial charge is 0.484 e. The molecular weight excluding hydrogens is 372 g/mol. The van der Waals surface area contributed by atoms with Gasteiger partial charge in [0.25, 0.3) is 11.8 Å². The van der Waals surface area contributed by atoms with E-state index in [4.69, 9.17) is 4.74 Å². The third kappa shape index (κ3) is 7.53. The van der Waals surface area contributed by atoms with Crippen LogP contribution in [0.2, 0.25) is 0 Å². The van der Waals surface area contributed by atoms with E-state index < -0.39 is 0 Å². The second-order valence-electron chi connectivity index (χ2n) is 6.55. The first kappa shape index (κ1) is 21.7. The number of rotatable bonds is 8. The molecule has 0 saturated heterocycles. The lowest BCUT2D eigenvalue weighted by Crippen LogP contribution is -2.34. The van der Waals surface area contributed by atoms with Gasteiger partial charge in [-0.15, -0.1) is 0 Å². The van der Waals surface area contributed by atoms with Gasteiger partial charge in [-0.25, -0.2) is 4.79 Å². The molecule has 0 saturated carbocycles. The molecule has 2 aromatic carbocycles. The average Bonchev–Trinajstić information content (AvgIpc) is 2.67. The van der Waals surface area contributed by atoms with Crippen molar-refractivity contribution in [2.24, 2.45) is 0 Å². The summed E-state index contributed by atoms with van der Waals surface area (Å²) in [7, 11) is 0. The van der Waals surface area contributed by atoms with Crippen LogP contribution < -0.4 is 26.0 Å². The molecule has 2 rings (SSSR count). The predicted molar refractivity (Wildman–Crippen MR) is 112 cm³/mol. The van der Waals surface area contributed by atoms with Crippen LogP contribution in [0, 0.1) is 0 Å². The molecule has 0 spiro atoms. The number of hydrogen-bond acceptors (Lipinski definition) is 4. The Labute approximate surface area is 170 Å². The van der Waals surface area contributed by atoms with Crippen molar-refractivity contribution in [3.8, 4) is 5.75 Å². The Hall–Kier alpha value is -3.55. The zero-order valence-corrected chi connectivity index (χ0v) is 16.7. The minimum atomic E-state index is -0.333. The number of ether oxygens (including phenoxy) is 1. The van der Waals surface area contributed by atoms with Crippen LogP contribution in [0.25, 0.3) is 0 Å². The molecule has 0 heterocycles. The number of carbonyl (C=O) groups is 3. The van der Waals surface area contributed by atoms with E-state index in [-0.39, 0.29) is 30.5 Å². The average molecular weight is 398 g/mol. The Morgan fingerprint density at radius 3 is 2.34 bits per heavy atom. The van der Waals surface area contributed by atoms with Crippen molar-refractivity contribution in [3.05, 3.63) is 54.1 Å². The number of likely N-dealkylation sites (N-methyl/N-ethyl adjacent to an activating group) is 1. The quantitative estimate of drug-likeness (QED) is 0.548. The van der Waals surface area contributed by atoms with E-state index in [0.29, 0.717) is 29.2 Å². The fourth-order valence-corrected chi connectivity index (χ4v) is 2.40. The summed E-state index contributed by atoms with van der Waals surface area (Å²) in [5.74, 6) is 0.0194. The summed E-state index contributed by atoms with van der Waals surface area (Å²) in [6.45, 7) is 6.04. The van der Waals surface area contributed by atoms with Gasteiger partial charge in [-0.2, -0.15) is 0 Å². The number of anilines is 2. The molecule has 0 aromatic heterocycles. The van der Waals surface area contributed by atoms with Gasteiger partial charge in [-0.1, -0.05) is 6.07 Å². The summed E-state index contributed by atoms with van der Waals surface area (Å²) >= 11 is 0. The number of amides is 4. The van der Waals surface area contributed by atoms with E-state index in [0.717, 1.165) is 0 Å². The molecule has 4 amide bonds. The molecule has 154 valence electrons. The zero-order valence-electron chi connectivity index (χ0n) is 16.7. The minimum absolute atomic E-state index is 0.00876. The highest BCUT2D eigenvalue weighted by Gasteiger charge is 2.09. The summed E-state index contributed by atoms with van der Waals surface area (Å²) < 4.78 is 5.37. The third-order valence-corrected chi connectivity index (χ3v) is 3.66. The summed E-state index contributed by atoms with van der Waals surface area (Å²) in [4.78, 5) is 35.7. The van der Waals surface area contributed by atoms with Gasteiger partial charge in [0.2, 0.25) is 0 Å². The Bertz CT molecular complexity index is 850. The van der Waals surface area contributed by atoms with E-state index in [1.54, 1.807) is 48.5 Å². The van der Waals surface area contributed by atoms with Gasteiger partial charge >= 0.3 is 6.03 Å². The van der Waals surface area contributed by atoms with Crippen LogP contribution in [0.1, 0.15) is 31.1 Å². The molecular formula is C21H26N4O4. The lowest BCUT2D eigenvalue weighted by molar-refractivity contribution is -0.122. The molecule has 8 nitrogen and oxygen atoms in total. The molecule has 4 N–H and O–H groups in total. The van der Waals surface area contributed by atoms with Crippen molar-refractivity contribution < 1.29 is 19.1 Å². The van der Waals surface area contributed by atoms with E-state index in [1.165, 1.54) is 0 Å². The molecule has 0 radical (unpaired) electrons. The van der Waals surface area contributed by atoms with Gasteiger partial charge < -0.3 is 26.0 Å². The summed E-state index contributed by atoms with van der Waals surface area (Å²) in [6.07, 6.45) is 0. The summed E-state index contributed by atoms with van der Waals surface area (Å²) in [5, 5.41) is 10.8. The van der Waals surface area contributed by atoms with Crippen LogP contribution in [-0.4, -0.2) is 37.0 Å². The zero-order chi connectivity index (χ0) is 21.2. The minimum Gasteiger partial charge on any atom is -0.484 e. The molecule has 0 atom stereocenters. The van der Waals surface area contributed by atoms with Crippen LogP contribution in [0.3, 0.4) is 0 Å². The van der Waals surface area contributed by atoms with Crippen LogP contribution in [0.15, 0.2) is 48.5 Å². The summed E-state index contributed by atoms with van der Waals surface area (Å²) in [5.41, 5.74) is 1.50. The van der Waals surface area contributed by atoms with Crippen LogP contribution in [0.4, 0.5) is 16.2 Å². The maximum absolute atomic E-state index is 12.5. The van der Waals surface area contributed by atoms with Gasteiger partial charge in [0.05, 0.1) is 0 Å². The molecule has 0 fully saturated rings. The molecule has 0 bridgehead atoms. The number of benzene rings is 2. The van der Waals surface area contributed by atoms with Gasteiger partial charge in [0.1, 0.15) is 5.75 Å². The van der Waals surface area contributed by atoms with Crippen molar-refractivity contribution in [3.63, 3.8) is 0 Å². The van der Waals surface area contributed by atoms with Crippen molar-refractivity contribution in [1.82, 2.24) is 10.6 Å². The first-order valence-electron chi connectivity index (χ1n) is 9.36. The number of urea groups is 1. The Balaban J connectivity index is 1.93. The topological polar surface area (TPSA) is 109 Å². The molecule has 0 aliphatic rings. The lowest BCUT2D eigenvalue weighted by atomic mass is 10.2.